The molecule has 1 fully saturated rings. The molecule has 1 aromatic rings. The Morgan fingerprint density at radius 3 is 3.19 bits per heavy atom. The second-order valence-electron chi connectivity index (χ2n) is 4.04. The van der Waals surface area contributed by atoms with E-state index in [-0.39, 0.29) is 0 Å². The lowest BCUT2D eigenvalue weighted by molar-refractivity contribution is 0.481. The van der Waals surface area contributed by atoms with Gasteiger partial charge >= 0.3 is 0 Å². The molecule has 1 N–H and O–H groups in total. The zero-order valence-corrected chi connectivity index (χ0v) is 11.4. The van der Waals surface area contributed by atoms with E-state index in [4.69, 9.17) is 0 Å². The molecule has 90 valence electrons. The molecule has 1 aliphatic rings. The van der Waals surface area contributed by atoms with Crippen LogP contribution in [-0.4, -0.2) is 40.2 Å². The summed E-state index contributed by atoms with van der Waals surface area (Å²) in [5.74, 6) is 2.22. The number of nitrogens with zero attached hydrogens (tertiary/aromatic N) is 3. The molecule has 1 unspecified atom stereocenters. The van der Waals surface area contributed by atoms with Crippen LogP contribution >= 0.6 is 23.5 Å². The van der Waals surface area contributed by atoms with Gasteiger partial charge in [-0.15, -0.1) is 11.8 Å². The summed E-state index contributed by atoms with van der Waals surface area (Å²) in [5, 5.41) is 4.56. The Labute approximate surface area is 105 Å². The van der Waals surface area contributed by atoms with E-state index in [1.807, 2.05) is 11.8 Å². The Balaban J connectivity index is 2.04. The minimum atomic E-state index is 0.541. The third-order valence-corrected chi connectivity index (χ3v) is 4.35. The van der Waals surface area contributed by atoms with Gasteiger partial charge < -0.3 is 10.2 Å². The number of anilines is 1. The lowest BCUT2D eigenvalue weighted by Gasteiger charge is -2.32. The van der Waals surface area contributed by atoms with Crippen molar-refractivity contribution in [1.82, 2.24) is 14.1 Å². The van der Waals surface area contributed by atoms with E-state index < -0.39 is 0 Å². The van der Waals surface area contributed by atoms with Crippen LogP contribution in [0.3, 0.4) is 0 Å². The van der Waals surface area contributed by atoms with Crippen LogP contribution in [0.4, 0.5) is 5.82 Å². The normalized spacial score (nSPS) is 21.4. The predicted octanol–water partition coefficient (Wildman–Crippen LogP) is 1.84. The Bertz CT molecular complexity index is 328. The van der Waals surface area contributed by atoms with E-state index in [9.17, 15) is 0 Å². The molecule has 4 nitrogen and oxygen atoms in total. The second kappa shape index (κ2) is 5.84. The Hall–Kier alpha value is -0.330. The number of rotatable bonds is 4. The Kier molecular flexibility index (Phi) is 4.43. The first-order chi connectivity index (χ1) is 7.81. The molecule has 2 heterocycles. The quantitative estimate of drug-likeness (QED) is 0.835. The molecule has 1 aliphatic heterocycles. The van der Waals surface area contributed by atoms with Crippen molar-refractivity contribution in [3.05, 3.63) is 0 Å². The van der Waals surface area contributed by atoms with Gasteiger partial charge in [-0.2, -0.15) is 8.75 Å². The van der Waals surface area contributed by atoms with Crippen molar-refractivity contribution in [2.45, 2.75) is 31.3 Å². The highest BCUT2D eigenvalue weighted by molar-refractivity contribution is 7.99. The molecular weight excluding hydrogens is 240 g/mol. The van der Waals surface area contributed by atoms with Crippen LogP contribution in [0, 0.1) is 0 Å². The van der Waals surface area contributed by atoms with Crippen LogP contribution in [0.2, 0.25) is 0 Å². The van der Waals surface area contributed by atoms with Crippen LogP contribution in [0.5, 0.6) is 0 Å². The van der Waals surface area contributed by atoms with E-state index in [0.29, 0.717) is 6.04 Å². The summed E-state index contributed by atoms with van der Waals surface area (Å²) in [4.78, 5) is 2.35. The molecule has 1 aromatic heterocycles. The smallest absolute Gasteiger partial charge is 0.176 e. The lowest BCUT2D eigenvalue weighted by atomic mass is 10.2. The summed E-state index contributed by atoms with van der Waals surface area (Å²) in [7, 11) is 0. The van der Waals surface area contributed by atoms with Gasteiger partial charge in [-0.25, -0.2) is 0 Å². The van der Waals surface area contributed by atoms with Gasteiger partial charge in [0.2, 0.25) is 0 Å². The predicted molar refractivity (Wildman–Crippen MR) is 70.6 cm³/mol. The monoisotopic (exact) mass is 258 g/mol. The molecule has 0 saturated carbocycles. The van der Waals surface area contributed by atoms with Crippen molar-refractivity contribution < 1.29 is 0 Å². The summed E-state index contributed by atoms with van der Waals surface area (Å²) in [5.41, 5.74) is 0. The summed E-state index contributed by atoms with van der Waals surface area (Å²) in [6, 6.07) is 0.541. The lowest BCUT2D eigenvalue weighted by Crippen LogP contribution is -2.49. The maximum absolute atomic E-state index is 4.44. The fourth-order valence-corrected chi connectivity index (χ4v) is 3.33. The fraction of sp³-hybridized carbons (Fsp3) is 0.800. The summed E-state index contributed by atoms with van der Waals surface area (Å²) in [6.07, 6.45) is 1.18. The molecule has 0 spiro atoms. The first-order valence-electron chi connectivity index (χ1n) is 5.75. The van der Waals surface area contributed by atoms with Gasteiger partial charge in [-0.1, -0.05) is 6.92 Å². The first-order valence-corrected chi connectivity index (χ1v) is 7.46. The number of thioether (sulfide) groups is 1. The van der Waals surface area contributed by atoms with Gasteiger partial charge in [0.05, 0.1) is 11.7 Å². The zero-order valence-electron chi connectivity index (χ0n) is 9.77. The van der Waals surface area contributed by atoms with Crippen LogP contribution in [0.1, 0.15) is 20.3 Å². The first kappa shape index (κ1) is 12.1. The molecule has 6 heteroatoms. The SMILES string of the molecule is CCCSc1nsnc1N1CCNC(C)C1. The minimum absolute atomic E-state index is 0.541. The number of hydrogen-bond donors (Lipinski definition) is 1. The van der Waals surface area contributed by atoms with Crippen LogP contribution in [-0.2, 0) is 0 Å². The zero-order chi connectivity index (χ0) is 11.4. The van der Waals surface area contributed by atoms with Crippen LogP contribution in [0.15, 0.2) is 5.03 Å². The maximum atomic E-state index is 4.44. The van der Waals surface area contributed by atoms with Gasteiger partial charge in [0.15, 0.2) is 10.8 Å². The van der Waals surface area contributed by atoms with Gasteiger partial charge in [0.1, 0.15) is 0 Å². The molecule has 0 bridgehead atoms. The van der Waals surface area contributed by atoms with E-state index in [0.717, 1.165) is 36.2 Å². The van der Waals surface area contributed by atoms with Crippen molar-refractivity contribution in [2.24, 2.45) is 0 Å². The van der Waals surface area contributed by atoms with Crippen molar-refractivity contribution in [3.8, 4) is 0 Å². The van der Waals surface area contributed by atoms with Crippen LogP contribution in [0.25, 0.3) is 0 Å². The highest BCUT2D eigenvalue weighted by Gasteiger charge is 2.21. The number of hydrogen-bond acceptors (Lipinski definition) is 6. The molecule has 1 atom stereocenters. The average Bonchev–Trinajstić information content (AvgIpc) is 2.74. The molecular formula is C10H18N4S2. The number of piperazine rings is 1. The van der Waals surface area contributed by atoms with Crippen LogP contribution < -0.4 is 10.2 Å². The second-order valence-corrected chi connectivity index (χ2v) is 5.65. The minimum Gasteiger partial charge on any atom is -0.351 e. The number of aromatic nitrogens is 2. The van der Waals surface area contributed by atoms with E-state index in [1.54, 1.807) is 0 Å². The molecule has 1 saturated heterocycles. The van der Waals surface area contributed by atoms with Gasteiger partial charge in [-0.3, -0.25) is 0 Å². The highest BCUT2D eigenvalue weighted by Crippen LogP contribution is 2.28. The Morgan fingerprint density at radius 2 is 2.44 bits per heavy atom. The fourth-order valence-electron chi connectivity index (χ4n) is 1.78. The summed E-state index contributed by atoms with van der Waals surface area (Å²) >= 11 is 3.15. The highest BCUT2D eigenvalue weighted by atomic mass is 32.2. The van der Waals surface area contributed by atoms with Gasteiger partial charge in [0, 0.05) is 25.7 Å². The summed E-state index contributed by atoms with van der Waals surface area (Å²) < 4.78 is 8.82. The topological polar surface area (TPSA) is 41.1 Å². The number of nitrogens with one attached hydrogen (secondary N) is 1. The third-order valence-electron chi connectivity index (χ3n) is 2.55. The van der Waals surface area contributed by atoms with Crippen molar-refractivity contribution in [2.75, 3.05) is 30.3 Å². The largest absolute Gasteiger partial charge is 0.351 e. The Morgan fingerprint density at radius 1 is 1.56 bits per heavy atom. The molecule has 16 heavy (non-hydrogen) atoms. The van der Waals surface area contributed by atoms with E-state index in [1.165, 1.54) is 18.1 Å². The van der Waals surface area contributed by atoms with Crippen molar-refractivity contribution in [3.63, 3.8) is 0 Å². The van der Waals surface area contributed by atoms with E-state index >= 15 is 0 Å². The molecule has 0 aliphatic carbocycles. The average molecular weight is 258 g/mol. The van der Waals surface area contributed by atoms with E-state index in [2.05, 4.69) is 32.8 Å². The van der Waals surface area contributed by atoms with Gasteiger partial charge in [0.25, 0.3) is 0 Å². The third kappa shape index (κ3) is 2.87. The maximum Gasteiger partial charge on any atom is 0.176 e. The molecule has 0 amide bonds. The molecule has 0 radical (unpaired) electrons. The standard InChI is InChI=1S/C10H18N4S2/c1-3-6-15-10-9(12-16-13-10)14-5-4-11-8(2)7-14/h8,11H,3-7H2,1-2H3. The van der Waals surface area contributed by atoms with Gasteiger partial charge in [-0.05, 0) is 19.1 Å². The summed E-state index contributed by atoms with van der Waals surface area (Å²) in [6.45, 7) is 7.52. The van der Waals surface area contributed by atoms with Crippen molar-refractivity contribution >= 4 is 29.3 Å². The molecule has 2 rings (SSSR count). The van der Waals surface area contributed by atoms with Crippen molar-refractivity contribution in [1.29, 1.82) is 0 Å². The molecule has 0 aromatic carbocycles.